The molecule has 112 valence electrons. The molecule has 0 heterocycles. The fourth-order valence-corrected chi connectivity index (χ4v) is 2.07. The van der Waals surface area contributed by atoms with Gasteiger partial charge in [-0.2, -0.15) is 0 Å². The van der Waals surface area contributed by atoms with Crippen molar-refractivity contribution in [1.82, 2.24) is 4.90 Å². The quantitative estimate of drug-likeness (QED) is 0.773. The standard InChI is InChI=1S/C16H25NO3/c1-11-6-7-14(8-12(11)2)16(19)13(3)17(4)9-15(18)10-20-5/h6-8,13,15,18H,9-10H2,1-5H3. The van der Waals surface area contributed by atoms with Gasteiger partial charge in [0.25, 0.3) is 0 Å². The number of ketones is 1. The van der Waals surface area contributed by atoms with Crippen LogP contribution in [0.15, 0.2) is 18.2 Å². The lowest BCUT2D eigenvalue weighted by atomic mass is 9.99. The molecular formula is C16H25NO3. The smallest absolute Gasteiger partial charge is 0.179 e. The van der Waals surface area contributed by atoms with Gasteiger partial charge in [-0.15, -0.1) is 0 Å². The Bertz CT molecular complexity index is 459. The molecule has 0 aliphatic rings. The lowest BCUT2D eigenvalue weighted by Crippen LogP contribution is -2.41. The number of rotatable bonds is 7. The van der Waals surface area contributed by atoms with Crippen molar-refractivity contribution < 1.29 is 14.6 Å². The number of hydrogen-bond donors (Lipinski definition) is 1. The number of aryl methyl sites for hydroxylation is 2. The lowest BCUT2D eigenvalue weighted by Gasteiger charge is -2.26. The molecule has 0 bridgehead atoms. The van der Waals surface area contributed by atoms with Gasteiger partial charge >= 0.3 is 0 Å². The van der Waals surface area contributed by atoms with Crippen molar-refractivity contribution in [3.63, 3.8) is 0 Å². The van der Waals surface area contributed by atoms with E-state index in [0.29, 0.717) is 12.1 Å². The van der Waals surface area contributed by atoms with E-state index in [1.165, 1.54) is 5.56 Å². The SMILES string of the molecule is COCC(O)CN(C)C(C)C(=O)c1ccc(C)c(C)c1. The van der Waals surface area contributed by atoms with Crippen LogP contribution in [-0.4, -0.2) is 55.2 Å². The van der Waals surface area contributed by atoms with Gasteiger partial charge in [0.05, 0.1) is 18.8 Å². The number of nitrogens with zero attached hydrogens (tertiary/aromatic N) is 1. The minimum atomic E-state index is -0.583. The van der Waals surface area contributed by atoms with Crippen molar-refractivity contribution in [1.29, 1.82) is 0 Å². The van der Waals surface area contributed by atoms with Gasteiger partial charge in [-0.3, -0.25) is 9.69 Å². The van der Waals surface area contributed by atoms with Crippen LogP contribution >= 0.6 is 0 Å². The number of aliphatic hydroxyl groups excluding tert-OH is 1. The third-order valence-corrected chi connectivity index (χ3v) is 3.69. The molecule has 1 rings (SSSR count). The molecule has 4 nitrogen and oxygen atoms in total. The third kappa shape index (κ3) is 4.40. The van der Waals surface area contributed by atoms with E-state index in [0.717, 1.165) is 5.56 Å². The first-order valence-electron chi connectivity index (χ1n) is 6.85. The van der Waals surface area contributed by atoms with Gasteiger partial charge in [0, 0.05) is 19.2 Å². The van der Waals surface area contributed by atoms with E-state index in [1.54, 1.807) is 7.11 Å². The Kier molecular flexibility index (Phi) is 6.33. The Morgan fingerprint density at radius 2 is 2.00 bits per heavy atom. The maximum Gasteiger partial charge on any atom is 0.179 e. The molecule has 0 amide bonds. The lowest BCUT2D eigenvalue weighted by molar-refractivity contribution is 0.0351. The molecule has 1 aromatic carbocycles. The van der Waals surface area contributed by atoms with Crippen LogP contribution in [0.5, 0.6) is 0 Å². The zero-order valence-electron chi connectivity index (χ0n) is 13.0. The number of benzene rings is 1. The highest BCUT2D eigenvalue weighted by atomic mass is 16.5. The van der Waals surface area contributed by atoms with Crippen LogP contribution in [0.2, 0.25) is 0 Å². The number of carbonyl (C=O) groups excluding carboxylic acids is 1. The topological polar surface area (TPSA) is 49.8 Å². The molecule has 0 saturated carbocycles. The summed E-state index contributed by atoms with van der Waals surface area (Å²) in [6.07, 6.45) is -0.583. The number of Topliss-reactive ketones (excluding diaryl/α,β-unsaturated/α-hetero) is 1. The van der Waals surface area contributed by atoms with Crippen molar-refractivity contribution in [2.45, 2.75) is 32.9 Å². The van der Waals surface area contributed by atoms with Gasteiger partial charge in [0.1, 0.15) is 0 Å². The largest absolute Gasteiger partial charge is 0.389 e. The Labute approximate surface area is 121 Å². The highest BCUT2D eigenvalue weighted by Crippen LogP contribution is 2.13. The summed E-state index contributed by atoms with van der Waals surface area (Å²) in [6.45, 7) is 6.57. The average molecular weight is 279 g/mol. The highest BCUT2D eigenvalue weighted by molar-refractivity contribution is 6.00. The van der Waals surface area contributed by atoms with Crippen molar-refractivity contribution in [3.05, 3.63) is 34.9 Å². The molecule has 2 atom stereocenters. The molecule has 2 unspecified atom stereocenters. The van der Waals surface area contributed by atoms with E-state index >= 15 is 0 Å². The summed E-state index contributed by atoms with van der Waals surface area (Å²) < 4.78 is 4.90. The van der Waals surface area contributed by atoms with Crippen molar-refractivity contribution in [3.8, 4) is 0 Å². The molecule has 0 radical (unpaired) electrons. The third-order valence-electron chi connectivity index (χ3n) is 3.69. The average Bonchev–Trinajstić information content (AvgIpc) is 2.40. The highest BCUT2D eigenvalue weighted by Gasteiger charge is 2.21. The predicted octanol–water partition coefficient (Wildman–Crippen LogP) is 1.81. The number of hydrogen-bond acceptors (Lipinski definition) is 4. The van der Waals surface area contributed by atoms with Crippen LogP contribution in [-0.2, 0) is 4.74 Å². The number of aliphatic hydroxyl groups is 1. The molecule has 0 fully saturated rings. The Hall–Kier alpha value is -1.23. The maximum absolute atomic E-state index is 12.4. The molecule has 0 saturated heterocycles. The van der Waals surface area contributed by atoms with Gasteiger partial charge in [0.2, 0.25) is 0 Å². The maximum atomic E-state index is 12.4. The second kappa shape index (κ2) is 7.53. The van der Waals surface area contributed by atoms with Crippen LogP contribution < -0.4 is 0 Å². The van der Waals surface area contributed by atoms with Crippen molar-refractivity contribution >= 4 is 5.78 Å². The Balaban J connectivity index is 2.72. The van der Waals surface area contributed by atoms with E-state index in [1.807, 2.05) is 50.9 Å². The predicted molar refractivity (Wildman–Crippen MR) is 80.2 cm³/mol. The summed E-state index contributed by atoms with van der Waals surface area (Å²) in [5, 5.41) is 9.72. The molecular weight excluding hydrogens is 254 g/mol. The van der Waals surface area contributed by atoms with Crippen LogP contribution in [0.1, 0.15) is 28.4 Å². The van der Waals surface area contributed by atoms with E-state index in [4.69, 9.17) is 4.74 Å². The van der Waals surface area contributed by atoms with E-state index in [-0.39, 0.29) is 18.4 Å². The van der Waals surface area contributed by atoms with Gasteiger partial charge in [-0.25, -0.2) is 0 Å². The minimum Gasteiger partial charge on any atom is -0.389 e. The molecule has 20 heavy (non-hydrogen) atoms. The van der Waals surface area contributed by atoms with Gasteiger partial charge in [0.15, 0.2) is 5.78 Å². The zero-order valence-corrected chi connectivity index (χ0v) is 13.0. The molecule has 1 aromatic rings. The van der Waals surface area contributed by atoms with Gasteiger partial charge < -0.3 is 9.84 Å². The summed E-state index contributed by atoms with van der Waals surface area (Å²) in [5.41, 5.74) is 3.01. The molecule has 0 aliphatic heterocycles. The monoisotopic (exact) mass is 279 g/mol. The van der Waals surface area contributed by atoms with Gasteiger partial charge in [-0.1, -0.05) is 12.1 Å². The zero-order chi connectivity index (χ0) is 15.3. The summed E-state index contributed by atoms with van der Waals surface area (Å²) in [6, 6.07) is 5.48. The minimum absolute atomic E-state index is 0.0696. The van der Waals surface area contributed by atoms with Crippen molar-refractivity contribution in [2.75, 3.05) is 27.3 Å². The summed E-state index contributed by atoms with van der Waals surface area (Å²) in [7, 11) is 3.38. The number of methoxy groups -OCH3 is 1. The normalized spacial score (nSPS) is 14.3. The Morgan fingerprint density at radius 1 is 1.35 bits per heavy atom. The first kappa shape index (κ1) is 16.8. The number of ether oxygens (including phenoxy) is 1. The van der Waals surface area contributed by atoms with Crippen LogP contribution in [0.3, 0.4) is 0 Å². The fraction of sp³-hybridized carbons (Fsp3) is 0.562. The van der Waals surface area contributed by atoms with E-state index in [9.17, 15) is 9.90 Å². The summed E-state index contributed by atoms with van der Waals surface area (Å²) >= 11 is 0. The second-order valence-corrected chi connectivity index (χ2v) is 5.39. The van der Waals surface area contributed by atoms with E-state index in [2.05, 4.69) is 0 Å². The second-order valence-electron chi connectivity index (χ2n) is 5.39. The van der Waals surface area contributed by atoms with Gasteiger partial charge in [-0.05, 0) is 45.0 Å². The molecule has 4 heteroatoms. The molecule has 0 aromatic heterocycles. The van der Waals surface area contributed by atoms with Crippen LogP contribution in [0.25, 0.3) is 0 Å². The fourth-order valence-electron chi connectivity index (χ4n) is 2.07. The number of carbonyl (C=O) groups is 1. The molecule has 1 N–H and O–H groups in total. The van der Waals surface area contributed by atoms with Crippen LogP contribution in [0, 0.1) is 13.8 Å². The Morgan fingerprint density at radius 3 is 2.55 bits per heavy atom. The summed E-state index contributed by atoms with van der Waals surface area (Å²) in [4.78, 5) is 14.3. The first-order valence-corrected chi connectivity index (χ1v) is 6.85. The first-order chi connectivity index (χ1) is 9.36. The number of likely N-dealkylation sites (N-methyl/N-ethyl adjacent to an activating group) is 1. The molecule has 0 aliphatic carbocycles. The van der Waals surface area contributed by atoms with E-state index < -0.39 is 6.10 Å². The summed E-state index contributed by atoms with van der Waals surface area (Å²) in [5.74, 6) is 0.0696. The van der Waals surface area contributed by atoms with Crippen LogP contribution in [0.4, 0.5) is 0 Å². The van der Waals surface area contributed by atoms with Crippen molar-refractivity contribution in [2.24, 2.45) is 0 Å². The molecule has 0 spiro atoms.